The van der Waals surface area contributed by atoms with Crippen LogP contribution in [0.25, 0.3) is 0 Å². The van der Waals surface area contributed by atoms with E-state index in [1.807, 2.05) is 13.8 Å². The van der Waals surface area contributed by atoms with E-state index in [0.717, 1.165) is 0 Å². The molecule has 0 aromatic carbocycles. The van der Waals surface area contributed by atoms with Crippen molar-refractivity contribution in [2.45, 2.75) is 19.9 Å². The Labute approximate surface area is 104 Å². The van der Waals surface area contributed by atoms with Crippen LogP contribution in [0.5, 0.6) is 0 Å². The van der Waals surface area contributed by atoms with E-state index in [1.54, 1.807) is 0 Å². The summed E-state index contributed by atoms with van der Waals surface area (Å²) in [7, 11) is 0. The number of halogens is 2. The van der Waals surface area contributed by atoms with Crippen LogP contribution in [0, 0.1) is 0 Å². The predicted octanol–water partition coefficient (Wildman–Crippen LogP) is 1.72. The third-order valence-electron chi connectivity index (χ3n) is 1.61. The van der Waals surface area contributed by atoms with E-state index in [-0.39, 0.29) is 28.9 Å². The largest absolute Gasteiger partial charge is 0.309 e. The van der Waals surface area contributed by atoms with Gasteiger partial charge in [-0.25, -0.2) is 9.97 Å². The topological polar surface area (TPSA) is 66.9 Å². The smallest absolute Gasteiger partial charge is 0.239 e. The molecular weight excluding hydrogens is 251 g/mol. The monoisotopic (exact) mass is 262 g/mol. The van der Waals surface area contributed by atoms with Crippen molar-refractivity contribution in [2.24, 2.45) is 0 Å². The molecule has 1 amide bonds. The molecule has 1 rings (SSSR count). The molecule has 7 heteroatoms. The van der Waals surface area contributed by atoms with Gasteiger partial charge in [0, 0.05) is 12.1 Å². The van der Waals surface area contributed by atoms with Crippen molar-refractivity contribution in [3.63, 3.8) is 0 Å². The molecule has 0 aliphatic heterocycles. The molecule has 0 saturated heterocycles. The minimum Gasteiger partial charge on any atom is -0.309 e. The first kappa shape index (κ1) is 13.2. The fourth-order valence-electron chi connectivity index (χ4n) is 0.938. The second-order valence-corrected chi connectivity index (χ2v) is 4.15. The van der Waals surface area contributed by atoms with Crippen molar-refractivity contribution in [3.8, 4) is 0 Å². The molecule has 0 aliphatic rings. The van der Waals surface area contributed by atoms with Gasteiger partial charge in [-0.2, -0.15) is 0 Å². The van der Waals surface area contributed by atoms with E-state index in [0.29, 0.717) is 5.82 Å². The average Bonchev–Trinajstić information content (AvgIpc) is 2.12. The number of hydrogen-bond donors (Lipinski definition) is 2. The summed E-state index contributed by atoms with van der Waals surface area (Å²) in [5, 5.41) is 5.72. The Kier molecular flexibility index (Phi) is 4.92. The first-order chi connectivity index (χ1) is 7.47. The number of carbonyl (C=O) groups is 1. The van der Waals surface area contributed by atoms with Crippen LogP contribution in [0.4, 0.5) is 5.82 Å². The quantitative estimate of drug-likeness (QED) is 0.641. The van der Waals surface area contributed by atoms with Crippen molar-refractivity contribution in [1.82, 2.24) is 15.3 Å². The van der Waals surface area contributed by atoms with Gasteiger partial charge in [0.1, 0.15) is 11.0 Å². The molecule has 0 unspecified atom stereocenters. The zero-order chi connectivity index (χ0) is 12.1. The third kappa shape index (κ3) is 4.74. The molecule has 0 saturated carbocycles. The Morgan fingerprint density at radius 1 is 1.44 bits per heavy atom. The maximum absolute atomic E-state index is 11.4. The first-order valence-electron chi connectivity index (χ1n) is 4.70. The maximum atomic E-state index is 11.4. The van der Waals surface area contributed by atoms with Crippen LogP contribution in [0.15, 0.2) is 6.07 Å². The summed E-state index contributed by atoms with van der Waals surface area (Å²) in [5.41, 5.74) is 0. The molecule has 1 heterocycles. The van der Waals surface area contributed by atoms with E-state index in [2.05, 4.69) is 20.6 Å². The van der Waals surface area contributed by atoms with Crippen LogP contribution in [0.2, 0.25) is 10.4 Å². The van der Waals surface area contributed by atoms with Gasteiger partial charge in [0.25, 0.3) is 0 Å². The van der Waals surface area contributed by atoms with E-state index in [9.17, 15) is 4.79 Å². The molecule has 2 N–H and O–H groups in total. The Bertz CT molecular complexity index is 364. The maximum Gasteiger partial charge on any atom is 0.239 e. The van der Waals surface area contributed by atoms with Crippen LogP contribution < -0.4 is 10.6 Å². The van der Waals surface area contributed by atoms with Crippen molar-refractivity contribution in [3.05, 3.63) is 16.5 Å². The number of carbonyl (C=O) groups excluding carboxylic acids is 1. The Morgan fingerprint density at radius 3 is 2.69 bits per heavy atom. The number of hydrogen-bond acceptors (Lipinski definition) is 4. The molecule has 0 aliphatic carbocycles. The molecule has 88 valence electrons. The molecule has 5 nitrogen and oxygen atoms in total. The first-order valence-corrected chi connectivity index (χ1v) is 5.46. The van der Waals surface area contributed by atoms with E-state index in [4.69, 9.17) is 23.2 Å². The zero-order valence-electron chi connectivity index (χ0n) is 8.92. The minimum atomic E-state index is -0.209. The van der Waals surface area contributed by atoms with Crippen molar-refractivity contribution >= 4 is 34.9 Å². The van der Waals surface area contributed by atoms with Crippen molar-refractivity contribution in [2.75, 3.05) is 11.9 Å². The number of aromatic nitrogens is 2. The number of amides is 1. The summed E-state index contributed by atoms with van der Waals surface area (Å²) in [4.78, 5) is 18.9. The normalized spacial score (nSPS) is 10.6. The van der Waals surface area contributed by atoms with Crippen LogP contribution in [0.3, 0.4) is 0 Å². The SMILES string of the molecule is CC(C)NCC(=O)Nc1cc(Cl)nc(Cl)n1. The summed E-state index contributed by atoms with van der Waals surface area (Å²) in [6.45, 7) is 4.11. The molecule has 1 aromatic heterocycles. The lowest BCUT2D eigenvalue weighted by atomic mass is 10.4. The second-order valence-electron chi connectivity index (χ2n) is 3.43. The fraction of sp³-hybridized carbons (Fsp3) is 0.444. The van der Waals surface area contributed by atoms with Crippen molar-refractivity contribution < 1.29 is 4.79 Å². The highest BCUT2D eigenvalue weighted by Crippen LogP contribution is 2.13. The molecule has 16 heavy (non-hydrogen) atoms. The molecule has 0 bridgehead atoms. The Balaban J connectivity index is 2.56. The highest BCUT2D eigenvalue weighted by atomic mass is 35.5. The number of nitrogens with one attached hydrogen (secondary N) is 2. The van der Waals surface area contributed by atoms with Gasteiger partial charge >= 0.3 is 0 Å². The van der Waals surface area contributed by atoms with Gasteiger partial charge in [-0.15, -0.1) is 0 Å². The standard InChI is InChI=1S/C9H12Cl2N4O/c1-5(2)12-4-8(16)14-7-3-6(10)13-9(11)15-7/h3,5,12H,4H2,1-2H3,(H,13,14,15,16). The van der Waals surface area contributed by atoms with Crippen molar-refractivity contribution in [1.29, 1.82) is 0 Å². The lowest BCUT2D eigenvalue weighted by Gasteiger charge is -2.08. The molecule has 0 radical (unpaired) electrons. The van der Waals surface area contributed by atoms with Gasteiger partial charge in [0.15, 0.2) is 0 Å². The lowest BCUT2D eigenvalue weighted by Crippen LogP contribution is -2.32. The molecule has 1 aromatic rings. The predicted molar refractivity (Wildman–Crippen MR) is 63.8 cm³/mol. The van der Waals surface area contributed by atoms with Crippen LogP contribution >= 0.6 is 23.2 Å². The number of rotatable bonds is 4. The van der Waals surface area contributed by atoms with Crippen LogP contribution in [-0.2, 0) is 4.79 Å². The third-order valence-corrected chi connectivity index (χ3v) is 1.97. The summed E-state index contributed by atoms with van der Waals surface area (Å²) >= 11 is 11.2. The number of anilines is 1. The molecule has 0 atom stereocenters. The molecule has 0 spiro atoms. The highest BCUT2D eigenvalue weighted by Gasteiger charge is 2.06. The molecule has 0 fully saturated rings. The van der Waals surface area contributed by atoms with Crippen LogP contribution in [-0.4, -0.2) is 28.5 Å². The summed E-state index contributed by atoms with van der Waals surface area (Å²) in [5.74, 6) is 0.0834. The Hall–Kier alpha value is -0.910. The highest BCUT2D eigenvalue weighted by molar-refractivity contribution is 6.32. The zero-order valence-corrected chi connectivity index (χ0v) is 10.4. The summed E-state index contributed by atoms with van der Waals surface area (Å²) in [6, 6.07) is 1.67. The van der Waals surface area contributed by atoms with Gasteiger partial charge < -0.3 is 10.6 Å². The summed E-state index contributed by atoms with van der Waals surface area (Å²) in [6.07, 6.45) is 0. The Morgan fingerprint density at radius 2 is 2.12 bits per heavy atom. The van der Waals surface area contributed by atoms with E-state index in [1.165, 1.54) is 6.07 Å². The van der Waals surface area contributed by atoms with Gasteiger partial charge in [0.2, 0.25) is 11.2 Å². The number of nitrogens with zero attached hydrogens (tertiary/aromatic N) is 2. The second kappa shape index (κ2) is 5.98. The van der Waals surface area contributed by atoms with E-state index < -0.39 is 0 Å². The fourth-order valence-corrected chi connectivity index (χ4v) is 1.35. The van der Waals surface area contributed by atoms with Gasteiger partial charge in [-0.3, -0.25) is 4.79 Å². The van der Waals surface area contributed by atoms with Gasteiger partial charge in [0.05, 0.1) is 6.54 Å². The van der Waals surface area contributed by atoms with E-state index >= 15 is 0 Å². The van der Waals surface area contributed by atoms with Gasteiger partial charge in [-0.1, -0.05) is 25.4 Å². The minimum absolute atomic E-state index is 0.000353. The summed E-state index contributed by atoms with van der Waals surface area (Å²) < 4.78 is 0. The lowest BCUT2D eigenvalue weighted by molar-refractivity contribution is -0.115. The van der Waals surface area contributed by atoms with Gasteiger partial charge in [-0.05, 0) is 11.6 Å². The molecular formula is C9H12Cl2N4O. The van der Waals surface area contributed by atoms with Crippen LogP contribution in [0.1, 0.15) is 13.8 Å². The average molecular weight is 263 g/mol.